The van der Waals surface area contributed by atoms with Gasteiger partial charge in [0.1, 0.15) is 0 Å². The van der Waals surface area contributed by atoms with E-state index < -0.39 is 0 Å². The van der Waals surface area contributed by atoms with Crippen LogP contribution in [0.25, 0.3) is 0 Å². The second kappa shape index (κ2) is 22.1. The molecule has 0 radical (unpaired) electrons. The molecule has 0 aromatic heterocycles. The predicted molar refractivity (Wildman–Crippen MR) is 31.2 cm³/mol. The fourth-order valence-electron chi connectivity index (χ4n) is 0. The summed E-state index contributed by atoms with van der Waals surface area (Å²) in [6.45, 7) is 0. The van der Waals surface area contributed by atoms with Gasteiger partial charge < -0.3 is 0 Å². The van der Waals surface area contributed by atoms with Gasteiger partial charge in [-0.25, -0.2) is 0 Å². The Morgan fingerprint density at radius 2 is 0.750 bits per heavy atom. The third-order valence-electron chi connectivity index (χ3n) is 0. The summed E-state index contributed by atoms with van der Waals surface area (Å²) in [7, 11) is 0. The molecule has 0 aliphatic heterocycles. The first-order valence-electron chi connectivity index (χ1n) is 0. The molecule has 0 spiro atoms. The molecule has 4 heteroatoms. The van der Waals surface area contributed by atoms with Crippen LogP contribution in [0.1, 0.15) is 0 Å². The third-order valence-corrected chi connectivity index (χ3v) is 0. The van der Waals surface area contributed by atoms with Crippen molar-refractivity contribution in [1.82, 2.24) is 0 Å². The van der Waals surface area contributed by atoms with Crippen molar-refractivity contribution in [3.05, 3.63) is 0 Å². The van der Waals surface area contributed by atoms with Crippen LogP contribution in [0, 0.1) is 0 Å². The van der Waals surface area contributed by atoms with Gasteiger partial charge in [0.25, 0.3) is 0 Å². The summed E-state index contributed by atoms with van der Waals surface area (Å²) in [5, 5.41) is 0. The molecule has 28 valence electrons. The Balaban J connectivity index is 0. The quantitative estimate of drug-likeness (QED) is 0.307. The second-order valence-electron chi connectivity index (χ2n) is 0. The Morgan fingerprint density at radius 1 is 0.750 bits per heavy atom. The second-order valence-corrected chi connectivity index (χ2v) is 0. The largest absolute Gasteiger partial charge is 0.316 e. The fourth-order valence-corrected chi connectivity index (χ4v) is 0. The van der Waals surface area contributed by atoms with E-state index in [9.17, 15) is 0 Å². The van der Waals surface area contributed by atoms with Crippen molar-refractivity contribution in [3.8, 4) is 0 Å². The van der Waals surface area contributed by atoms with Gasteiger partial charge in [-0.15, -0.1) is 0 Å². The molecule has 0 aromatic carbocycles. The molecule has 0 heterocycles. The van der Waals surface area contributed by atoms with Gasteiger partial charge in [0.15, 0.2) is 0 Å². The van der Waals surface area contributed by atoms with Crippen LogP contribution in [0.4, 0.5) is 0 Å². The summed E-state index contributed by atoms with van der Waals surface area (Å²) in [4.78, 5) is 0. The maximum Gasteiger partial charge on any atom is 0.316 e. The van der Waals surface area contributed by atoms with Gasteiger partial charge in [-0.1, -0.05) is 0 Å². The monoisotopic (exact) mass is 146 g/mol. The molecule has 0 amide bonds. The number of rotatable bonds is 0. The van der Waals surface area contributed by atoms with Crippen LogP contribution in [0.15, 0.2) is 0 Å². The summed E-state index contributed by atoms with van der Waals surface area (Å²) in [6, 6.07) is 0. The first-order valence-corrected chi connectivity index (χ1v) is 0. The van der Waals surface area contributed by atoms with Crippen LogP contribution in [-0.2, 0) is 17.1 Å². The summed E-state index contributed by atoms with van der Waals surface area (Å²) < 4.78 is 0. The molecule has 0 bridgehead atoms. The van der Waals surface area contributed by atoms with E-state index in [4.69, 9.17) is 0 Å². The SMILES string of the molecule is [Fe].[MgH2].[SiH4].[SiH4]. The summed E-state index contributed by atoms with van der Waals surface area (Å²) in [5.41, 5.74) is 0. The van der Waals surface area contributed by atoms with Gasteiger partial charge in [0.2, 0.25) is 0 Å². The maximum absolute atomic E-state index is 0. The van der Waals surface area contributed by atoms with Crippen LogP contribution in [-0.4, -0.2) is 45.0 Å². The minimum absolute atomic E-state index is 0. The molecule has 0 saturated carbocycles. The Morgan fingerprint density at radius 3 is 0.750 bits per heavy atom. The zero-order valence-corrected chi connectivity index (χ0v) is 1.46. The molecule has 4 heavy (non-hydrogen) atoms. The smallest absolute Gasteiger partial charge is 0.0149 e. The van der Waals surface area contributed by atoms with Crippen molar-refractivity contribution >= 4 is 45.0 Å². The van der Waals surface area contributed by atoms with Crippen LogP contribution < -0.4 is 0 Å². The molecule has 0 saturated heterocycles. The fraction of sp³-hybridized carbons (Fsp3) is 0. The number of hydrogen-bond acceptors (Lipinski definition) is 0. The summed E-state index contributed by atoms with van der Waals surface area (Å²) >= 11 is 0. The van der Waals surface area contributed by atoms with E-state index in [1.807, 2.05) is 0 Å². The van der Waals surface area contributed by atoms with Crippen LogP contribution in [0.2, 0.25) is 0 Å². The molecular weight excluding hydrogens is 136 g/mol. The molecule has 0 aromatic rings. The van der Waals surface area contributed by atoms with E-state index >= 15 is 0 Å². The van der Waals surface area contributed by atoms with Gasteiger partial charge in [-0.05, 0) is 21.9 Å². The van der Waals surface area contributed by atoms with Crippen LogP contribution in [0.5, 0.6) is 0 Å². The van der Waals surface area contributed by atoms with Gasteiger partial charge >= 0.3 is 23.1 Å². The molecule has 0 N–H and O–H groups in total. The van der Waals surface area contributed by atoms with E-state index in [-0.39, 0.29) is 62.1 Å². The average Bonchev–Trinajstić information content (AvgIpc) is 0. The molecule has 0 fully saturated rings. The Labute approximate surface area is 61.8 Å². The topological polar surface area (TPSA) is 0 Å². The first-order chi connectivity index (χ1) is 0. The summed E-state index contributed by atoms with van der Waals surface area (Å²) in [6.07, 6.45) is 0. The van der Waals surface area contributed by atoms with Crippen molar-refractivity contribution in [1.29, 1.82) is 0 Å². The van der Waals surface area contributed by atoms with Crippen molar-refractivity contribution in [2.24, 2.45) is 0 Å². The van der Waals surface area contributed by atoms with E-state index in [1.54, 1.807) is 0 Å². The van der Waals surface area contributed by atoms with Gasteiger partial charge in [-0.3, -0.25) is 0 Å². The normalized spacial score (nSPS) is 0. The van der Waals surface area contributed by atoms with E-state index in [0.717, 1.165) is 0 Å². The van der Waals surface area contributed by atoms with Gasteiger partial charge in [0, 0.05) is 17.1 Å². The van der Waals surface area contributed by atoms with Crippen molar-refractivity contribution < 1.29 is 17.1 Å². The first kappa shape index (κ1) is 43.1. The molecule has 0 rings (SSSR count). The Hall–Kier alpha value is 1.72. The van der Waals surface area contributed by atoms with Crippen molar-refractivity contribution in [3.63, 3.8) is 0 Å². The minimum Gasteiger partial charge on any atom is -0.0149 e. The van der Waals surface area contributed by atoms with Gasteiger partial charge in [0.05, 0.1) is 0 Å². The van der Waals surface area contributed by atoms with Crippen LogP contribution >= 0.6 is 0 Å². The zero-order chi connectivity index (χ0) is 0. The molecule has 0 aliphatic rings. The van der Waals surface area contributed by atoms with E-state index in [0.29, 0.717) is 0 Å². The molecule has 0 unspecified atom stereocenters. The molecular formula is H10FeMgSi2. The van der Waals surface area contributed by atoms with Gasteiger partial charge in [-0.2, -0.15) is 0 Å². The summed E-state index contributed by atoms with van der Waals surface area (Å²) in [5.74, 6) is 0. The molecule has 0 aliphatic carbocycles. The molecule has 0 atom stereocenters. The van der Waals surface area contributed by atoms with Crippen molar-refractivity contribution in [2.75, 3.05) is 0 Å². The Kier molecular flexibility index (Phi) is 238. The average molecular weight is 146 g/mol. The van der Waals surface area contributed by atoms with Crippen LogP contribution in [0.3, 0.4) is 0 Å². The molecule has 0 nitrogen and oxygen atoms in total. The van der Waals surface area contributed by atoms with Crippen molar-refractivity contribution in [2.45, 2.75) is 0 Å². The Bertz CT molecular complexity index is 6.00. The van der Waals surface area contributed by atoms with E-state index in [1.165, 1.54) is 0 Å². The van der Waals surface area contributed by atoms with E-state index in [2.05, 4.69) is 0 Å². The standard InChI is InChI=1S/Fe.Mg.2H4Si.2H/h;;2*1H4;;. The predicted octanol–water partition coefficient (Wildman–Crippen LogP) is -3.82. The zero-order valence-electron chi connectivity index (χ0n) is 0.354. The maximum atomic E-state index is 0. The third kappa shape index (κ3) is 9.30. The minimum atomic E-state index is 0. The number of hydrogen-bond donors (Lipinski definition) is 0.